The molecule has 2 N–H and O–H groups in total. The van der Waals surface area contributed by atoms with E-state index in [0.717, 1.165) is 0 Å². The number of ether oxygens (including phenoxy) is 2. The van der Waals surface area contributed by atoms with E-state index in [0.29, 0.717) is 6.42 Å². The summed E-state index contributed by atoms with van der Waals surface area (Å²) in [5, 5.41) is 22.0. The van der Waals surface area contributed by atoms with Crippen LogP contribution in [0, 0.1) is 11.5 Å². The van der Waals surface area contributed by atoms with E-state index < -0.39 is 40.5 Å². The number of rotatable bonds is 9. The van der Waals surface area contributed by atoms with Gasteiger partial charge in [-0.05, 0) is 51.4 Å². The normalized spacial score (nSPS) is 23.8. The lowest BCUT2D eigenvalue weighted by atomic mass is 9.93. The van der Waals surface area contributed by atoms with Gasteiger partial charge in [-0.3, -0.25) is 0 Å². The molecule has 0 saturated heterocycles. The molecule has 0 spiro atoms. The topological polar surface area (TPSA) is 68.2 Å². The Balaban J connectivity index is 2.95. The number of hydrogen-bond acceptors (Lipinski definition) is 5. The lowest BCUT2D eigenvalue weighted by molar-refractivity contribution is -0.154. The quantitative estimate of drug-likeness (QED) is 0.254. The van der Waals surface area contributed by atoms with Gasteiger partial charge in [0.15, 0.2) is 14.6 Å². The molecule has 1 aliphatic rings. The molecule has 1 rings (SSSR count). The highest BCUT2D eigenvalue weighted by atomic mass is 28.4. The van der Waals surface area contributed by atoms with Crippen molar-refractivity contribution < 1.29 is 24.1 Å². The zero-order valence-corrected chi connectivity index (χ0v) is 24.7. The van der Waals surface area contributed by atoms with E-state index in [-0.39, 0.29) is 23.7 Å². The maximum absolute atomic E-state index is 11.0. The van der Waals surface area contributed by atoms with Crippen molar-refractivity contribution in [3.05, 3.63) is 24.3 Å². The van der Waals surface area contributed by atoms with Gasteiger partial charge in [0.25, 0.3) is 0 Å². The van der Waals surface area contributed by atoms with Gasteiger partial charge in [0.1, 0.15) is 19.8 Å². The van der Waals surface area contributed by atoms with Gasteiger partial charge < -0.3 is 24.1 Å². The van der Waals surface area contributed by atoms with Gasteiger partial charge in [-0.25, -0.2) is 0 Å². The molecule has 7 heteroatoms. The van der Waals surface area contributed by atoms with Gasteiger partial charge in [0.05, 0.1) is 18.3 Å². The lowest BCUT2D eigenvalue weighted by Gasteiger charge is -2.39. The minimum Gasteiger partial charge on any atom is -0.403 e. The molecule has 0 bridgehead atoms. The second kappa shape index (κ2) is 11.8. The third-order valence-corrected chi connectivity index (χ3v) is 11.4. The SMILES string of the molecule is CC(C)O[C@H]1C=CC[C@H](/C=C/[C@@](C)(O)[C@H](O)C[C@H](C#C[Si](C)(C)C)O[Si](C)(C)C(C)(C)C)O1. The first kappa shape index (κ1) is 30.3. The van der Waals surface area contributed by atoms with Gasteiger partial charge in [0.2, 0.25) is 0 Å². The van der Waals surface area contributed by atoms with Crippen molar-refractivity contribution in [3.8, 4) is 11.5 Å². The van der Waals surface area contributed by atoms with Gasteiger partial charge >= 0.3 is 0 Å². The maximum Gasteiger partial charge on any atom is 0.193 e. The van der Waals surface area contributed by atoms with E-state index in [1.807, 2.05) is 26.0 Å². The fourth-order valence-corrected chi connectivity index (χ4v) is 4.70. The van der Waals surface area contributed by atoms with Crippen molar-refractivity contribution in [2.45, 2.75) is 128 Å². The van der Waals surface area contributed by atoms with Crippen molar-refractivity contribution in [1.29, 1.82) is 0 Å². The Morgan fingerprint density at radius 2 is 1.76 bits per heavy atom. The summed E-state index contributed by atoms with van der Waals surface area (Å²) in [5.74, 6) is 3.30. The smallest absolute Gasteiger partial charge is 0.193 e. The molecule has 0 fully saturated rings. The number of hydrogen-bond donors (Lipinski definition) is 2. The Morgan fingerprint density at radius 1 is 1.15 bits per heavy atom. The monoisotopic (exact) mass is 496 g/mol. The predicted octanol–water partition coefficient (Wildman–Crippen LogP) is 5.41. The molecule has 0 aromatic heterocycles. The van der Waals surface area contributed by atoms with E-state index in [1.165, 1.54) is 0 Å². The van der Waals surface area contributed by atoms with Crippen molar-refractivity contribution in [2.75, 3.05) is 0 Å². The molecule has 33 heavy (non-hydrogen) atoms. The largest absolute Gasteiger partial charge is 0.403 e. The molecular weight excluding hydrogens is 448 g/mol. The molecule has 1 aliphatic heterocycles. The molecule has 0 saturated carbocycles. The summed E-state index contributed by atoms with van der Waals surface area (Å²) in [7, 11) is -3.71. The minimum absolute atomic E-state index is 0.0277. The third kappa shape index (κ3) is 11.0. The van der Waals surface area contributed by atoms with Crippen LogP contribution in [0.3, 0.4) is 0 Å². The Bertz CT molecular complexity index is 732. The van der Waals surface area contributed by atoms with Gasteiger partial charge in [-0.1, -0.05) is 64.6 Å². The summed E-state index contributed by atoms with van der Waals surface area (Å²) >= 11 is 0. The third-order valence-electron chi connectivity index (χ3n) is 5.99. The van der Waals surface area contributed by atoms with Gasteiger partial charge in [-0.15, -0.1) is 5.54 Å². The molecule has 1 heterocycles. The average molecular weight is 497 g/mol. The molecular formula is C26H48O5Si2. The first-order chi connectivity index (χ1) is 14.8. The van der Waals surface area contributed by atoms with Crippen LogP contribution < -0.4 is 0 Å². The number of aliphatic hydroxyl groups is 2. The zero-order valence-electron chi connectivity index (χ0n) is 22.7. The second-order valence-corrected chi connectivity index (χ2v) is 21.6. The highest BCUT2D eigenvalue weighted by Gasteiger charge is 2.40. The molecule has 0 radical (unpaired) electrons. The molecule has 0 aromatic carbocycles. The molecule has 5 nitrogen and oxygen atoms in total. The van der Waals surface area contributed by atoms with Crippen LogP contribution in [0.5, 0.6) is 0 Å². The summed E-state index contributed by atoms with van der Waals surface area (Å²) in [4.78, 5) is 0. The second-order valence-electron chi connectivity index (χ2n) is 12.1. The van der Waals surface area contributed by atoms with Crippen LogP contribution in [0.2, 0.25) is 37.8 Å². The summed E-state index contributed by atoms with van der Waals surface area (Å²) in [5.41, 5.74) is 1.95. The van der Waals surface area contributed by atoms with Crippen LogP contribution in [-0.4, -0.2) is 62.9 Å². The standard InChI is InChI=1S/C26H48O5Si2/c1-20(2)29-24-14-12-13-21(30-24)15-17-26(6,28)23(27)19-22(16-18-32(7,8)9)31-33(10,11)25(3,4)5/h12,14-15,17,20-24,27-28H,13,19H2,1-11H3/b17-15+/t21-,22+,23-,24-,26-/m1/s1. The summed E-state index contributed by atoms with van der Waals surface area (Å²) in [6.45, 7) is 23.0. The molecule has 5 atom stereocenters. The Kier molecular flexibility index (Phi) is 10.8. The molecule has 0 aliphatic carbocycles. The maximum atomic E-state index is 11.0. The average Bonchev–Trinajstić information content (AvgIpc) is 2.62. The summed E-state index contributed by atoms with van der Waals surface area (Å²) in [6, 6.07) is 0. The van der Waals surface area contributed by atoms with Crippen molar-refractivity contribution in [3.63, 3.8) is 0 Å². The minimum atomic E-state index is -2.10. The Morgan fingerprint density at radius 3 is 2.27 bits per heavy atom. The van der Waals surface area contributed by atoms with E-state index in [4.69, 9.17) is 13.9 Å². The highest BCUT2D eigenvalue weighted by Crippen LogP contribution is 2.38. The molecule has 0 unspecified atom stereocenters. The number of aliphatic hydroxyl groups excluding tert-OH is 1. The fraction of sp³-hybridized carbons (Fsp3) is 0.769. The van der Waals surface area contributed by atoms with Crippen LogP contribution >= 0.6 is 0 Å². The summed E-state index contributed by atoms with van der Waals surface area (Å²) < 4.78 is 18.2. The van der Waals surface area contributed by atoms with Gasteiger partial charge in [0, 0.05) is 6.42 Å². The van der Waals surface area contributed by atoms with Crippen LogP contribution in [0.1, 0.15) is 54.4 Å². The molecule has 190 valence electrons. The van der Waals surface area contributed by atoms with Crippen molar-refractivity contribution >= 4 is 16.4 Å². The van der Waals surface area contributed by atoms with E-state index in [1.54, 1.807) is 19.1 Å². The van der Waals surface area contributed by atoms with Crippen LogP contribution in [-0.2, 0) is 13.9 Å². The summed E-state index contributed by atoms with van der Waals surface area (Å²) in [6.07, 6.45) is 6.28. The van der Waals surface area contributed by atoms with Crippen LogP contribution in [0.4, 0.5) is 0 Å². The van der Waals surface area contributed by atoms with Crippen LogP contribution in [0.15, 0.2) is 24.3 Å². The van der Waals surface area contributed by atoms with E-state index in [2.05, 4.69) is 65.0 Å². The van der Waals surface area contributed by atoms with E-state index in [9.17, 15) is 10.2 Å². The van der Waals surface area contributed by atoms with Crippen molar-refractivity contribution in [1.82, 2.24) is 0 Å². The zero-order chi connectivity index (χ0) is 25.7. The Labute approximate surface area is 204 Å². The van der Waals surface area contributed by atoms with Crippen molar-refractivity contribution in [2.24, 2.45) is 0 Å². The molecule has 0 aromatic rings. The molecule has 0 amide bonds. The van der Waals surface area contributed by atoms with E-state index >= 15 is 0 Å². The predicted molar refractivity (Wildman–Crippen MR) is 142 cm³/mol. The Hall–Kier alpha value is -0.726. The van der Waals surface area contributed by atoms with Gasteiger partial charge in [-0.2, -0.15) is 0 Å². The first-order valence-corrected chi connectivity index (χ1v) is 18.5. The van der Waals surface area contributed by atoms with Crippen LogP contribution in [0.25, 0.3) is 0 Å². The first-order valence-electron chi connectivity index (χ1n) is 12.1. The highest BCUT2D eigenvalue weighted by molar-refractivity contribution is 6.83. The lowest BCUT2D eigenvalue weighted by Crippen LogP contribution is -2.46. The fourth-order valence-electron chi connectivity index (χ4n) is 2.89.